The molecule has 0 radical (unpaired) electrons. The number of likely N-dealkylation sites (tertiary alicyclic amines) is 2. The number of aliphatic hydroxyl groups is 1. The summed E-state index contributed by atoms with van der Waals surface area (Å²) >= 11 is 0. The number of nitrogens with zero attached hydrogens (tertiary/aromatic N) is 2. The average molecular weight is 226 g/mol. The second kappa shape index (κ2) is 4.93. The summed E-state index contributed by atoms with van der Waals surface area (Å²) in [5.41, 5.74) is 0. The van der Waals surface area contributed by atoms with Crippen LogP contribution in [0, 0.1) is 0 Å². The number of piperidine rings is 1. The Morgan fingerprint density at radius 3 is 2.81 bits per heavy atom. The van der Waals surface area contributed by atoms with Gasteiger partial charge in [0.05, 0.1) is 12.6 Å². The van der Waals surface area contributed by atoms with Gasteiger partial charge in [0, 0.05) is 19.5 Å². The highest BCUT2D eigenvalue weighted by atomic mass is 16.3. The molecule has 90 valence electrons. The van der Waals surface area contributed by atoms with Gasteiger partial charge in [-0.25, -0.2) is 0 Å². The van der Waals surface area contributed by atoms with Gasteiger partial charge in [-0.2, -0.15) is 0 Å². The van der Waals surface area contributed by atoms with Crippen LogP contribution in [0.5, 0.6) is 0 Å². The molecule has 2 heterocycles. The molecule has 1 N–H and O–H groups in total. The summed E-state index contributed by atoms with van der Waals surface area (Å²) in [6.07, 6.45) is 2.69. The van der Waals surface area contributed by atoms with Gasteiger partial charge in [-0.15, -0.1) is 0 Å². The zero-order valence-electron chi connectivity index (χ0n) is 9.39. The maximum absolute atomic E-state index is 11.8. The normalized spacial score (nSPS) is 27.4. The van der Waals surface area contributed by atoms with Gasteiger partial charge < -0.3 is 5.11 Å². The number of hydrogen-bond donors (Lipinski definition) is 1. The third-order valence-electron chi connectivity index (χ3n) is 3.21. The fraction of sp³-hybridized carbons (Fsp3) is 0.818. The van der Waals surface area contributed by atoms with E-state index in [1.54, 1.807) is 0 Å². The van der Waals surface area contributed by atoms with Crippen LogP contribution in [0.1, 0.15) is 25.7 Å². The molecular weight excluding hydrogens is 208 g/mol. The fourth-order valence-corrected chi connectivity index (χ4v) is 2.36. The lowest BCUT2D eigenvalue weighted by atomic mass is 10.1. The van der Waals surface area contributed by atoms with Gasteiger partial charge in [0.2, 0.25) is 11.8 Å². The number of carbonyl (C=O) groups excluding carboxylic acids is 2. The molecule has 2 aliphatic rings. The van der Waals surface area contributed by atoms with Crippen LogP contribution in [0.15, 0.2) is 0 Å². The van der Waals surface area contributed by atoms with Crippen LogP contribution in [-0.2, 0) is 9.59 Å². The summed E-state index contributed by atoms with van der Waals surface area (Å²) < 4.78 is 0. The first-order valence-corrected chi connectivity index (χ1v) is 5.90. The second-order valence-corrected chi connectivity index (χ2v) is 4.57. The van der Waals surface area contributed by atoms with E-state index in [1.807, 2.05) is 4.90 Å². The highest BCUT2D eigenvalue weighted by Crippen LogP contribution is 2.13. The van der Waals surface area contributed by atoms with Crippen molar-refractivity contribution in [1.82, 2.24) is 9.80 Å². The molecule has 2 amide bonds. The third-order valence-corrected chi connectivity index (χ3v) is 3.21. The minimum absolute atomic E-state index is 0.0532. The van der Waals surface area contributed by atoms with E-state index in [-0.39, 0.29) is 24.5 Å². The largest absolute Gasteiger partial charge is 0.392 e. The summed E-state index contributed by atoms with van der Waals surface area (Å²) in [6, 6.07) is 0. The summed E-state index contributed by atoms with van der Waals surface area (Å²) in [4.78, 5) is 26.5. The molecule has 0 aromatic carbocycles. The van der Waals surface area contributed by atoms with Crippen LogP contribution in [0.25, 0.3) is 0 Å². The Kier molecular flexibility index (Phi) is 3.56. The second-order valence-electron chi connectivity index (χ2n) is 4.57. The van der Waals surface area contributed by atoms with Gasteiger partial charge in [0.15, 0.2) is 0 Å². The van der Waals surface area contributed by atoms with Gasteiger partial charge >= 0.3 is 0 Å². The van der Waals surface area contributed by atoms with Crippen LogP contribution in [0.4, 0.5) is 0 Å². The molecule has 2 fully saturated rings. The Bertz CT molecular complexity index is 293. The molecule has 1 atom stereocenters. The molecular formula is C11H18N2O3. The molecule has 0 aliphatic carbocycles. The first-order valence-electron chi connectivity index (χ1n) is 5.90. The fourth-order valence-electron chi connectivity index (χ4n) is 2.36. The molecule has 2 rings (SSSR count). The van der Waals surface area contributed by atoms with Crippen LogP contribution in [0.2, 0.25) is 0 Å². The SMILES string of the molecule is O=C1CCCN1C(=O)CN1CCC[C@H](O)C1. The Labute approximate surface area is 95.0 Å². The number of rotatable bonds is 2. The number of hydrogen-bond acceptors (Lipinski definition) is 4. The van der Waals surface area contributed by atoms with Crippen molar-refractivity contribution in [2.75, 3.05) is 26.2 Å². The van der Waals surface area contributed by atoms with Crippen LogP contribution >= 0.6 is 0 Å². The molecule has 2 aliphatic heterocycles. The van der Waals surface area contributed by atoms with Crippen LogP contribution in [0.3, 0.4) is 0 Å². The van der Waals surface area contributed by atoms with Crippen molar-refractivity contribution in [1.29, 1.82) is 0 Å². The summed E-state index contributed by atoms with van der Waals surface area (Å²) in [5.74, 6) is -0.167. The van der Waals surface area contributed by atoms with Gasteiger partial charge in [-0.3, -0.25) is 19.4 Å². The number of carbonyl (C=O) groups is 2. The minimum atomic E-state index is -0.323. The van der Waals surface area contributed by atoms with Crippen LogP contribution < -0.4 is 0 Å². The van der Waals surface area contributed by atoms with E-state index in [2.05, 4.69) is 0 Å². The molecule has 0 spiro atoms. The molecule has 5 nitrogen and oxygen atoms in total. The topological polar surface area (TPSA) is 60.9 Å². The molecule has 0 saturated carbocycles. The van der Waals surface area contributed by atoms with E-state index in [0.29, 0.717) is 19.5 Å². The lowest BCUT2D eigenvalue weighted by Crippen LogP contribution is -2.45. The lowest BCUT2D eigenvalue weighted by molar-refractivity contribution is -0.142. The maximum atomic E-state index is 11.8. The van der Waals surface area contributed by atoms with Crippen molar-refractivity contribution in [3.63, 3.8) is 0 Å². The maximum Gasteiger partial charge on any atom is 0.243 e. The molecule has 0 aromatic rings. The minimum Gasteiger partial charge on any atom is -0.392 e. The number of amides is 2. The van der Waals surface area contributed by atoms with E-state index < -0.39 is 0 Å². The molecule has 16 heavy (non-hydrogen) atoms. The van der Waals surface area contributed by atoms with Gasteiger partial charge in [0.25, 0.3) is 0 Å². The first-order chi connectivity index (χ1) is 7.66. The van der Waals surface area contributed by atoms with Gasteiger partial charge in [0.1, 0.15) is 0 Å². The number of aliphatic hydroxyl groups excluding tert-OH is 1. The van der Waals surface area contributed by atoms with Crippen molar-refractivity contribution in [3.05, 3.63) is 0 Å². The average Bonchev–Trinajstić information content (AvgIpc) is 2.64. The van der Waals surface area contributed by atoms with Crippen molar-refractivity contribution in [2.45, 2.75) is 31.8 Å². The summed E-state index contributed by atoms with van der Waals surface area (Å²) in [5, 5.41) is 9.48. The summed E-state index contributed by atoms with van der Waals surface area (Å²) in [6.45, 7) is 2.22. The van der Waals surface area contributed by atoms with Crippen molar-refractivity contribution >= 4 is 11.8 Å². The summed E-state index contributed by atoms with van der Waals surface area (Å²) in [7, 11) is 0. The lowest BCUT2D eigenvalue weighted by Gasteiger charge is -2.30. The Morgan fingerprint density at radius 1 is 1.38 bits per heavy atom. The van der Waals surface area contributed by atoms with E-state index in [9.17, 15) is 14.7 Å². The van der Waals surface area contributed by atoms with Crippen molar-refractivity contribution < 1.29 is 14.7 Å². The molecule has 0 unspecified atom stereocenters. The van der Waals surface area contributed by atoms with Crippen molar-refractivity contribution in [3.8, 4) is 0 Å². The zero-order chi connectivity index (χ0) is 11.5. The standard InChI is InChI=1S/C11H18N2O3/c14-9-3-1-5-12(7-9)8-11(16)13-6-2-4-10(13)15/h9,14H,1-8H2/t9-/m0/s1. The zero-order valence-corrected chi connectivity index (χ0v) is 9.39. The van der Waals surface area contributed by atoms with E-state index in [1.165, 1.54) is 4.90 Å². The predicted molar refractivity (Wildman–Crippen MR) is 57.6 cm³/mol. The Hall–Kier alpha value is -0.940. The van der Waals surface area contributed by atoms with Crippen LogP contribution in [-0.4, -0.2) is 59.0 Å². The first kappa shape index (κ1) is 11.5. The van der Waals surface area contributed by atoms with Gasteiger partial charge in [-0.1, -0.05) is 0 Å². The monoisotopic (exact) mass is 226 g/mol. The number of imide groups is 1. The molecule has 0 bridgehead atoms. The van der Waals surface area contributed by atoms with E-state index in [0.717, 1.165) is 25.8 Å². The molecule has 5 heteroatoms. The predicted octanol–water partition coefficient (Wildman–Crippen LogP) is -0.408. The highest BCUT2D eigenvalue weighted by molar-refractivity contribution is 5.97. The Balaban J connectivity index is 1.84. The number of β-amino-alcohol motifs (C(OH)–C–C–N with tert-alkyl or cyclic N) is 1. The molecule has 0 aromatic heterocycles. The quantitative estimate of drug-likeness (QED) is 0.695. The van der Waals surface area contributed by atoms with Gasteiger partial charge in [-0.05, 0) is 25.8 Å². The van der Waals surface area contributed by atoms with E-state index >= 15 is 0 Å². The Morgan fingerprint density at radius 2 is 2.19 bits per heavy atom. The van der Waals surface area contributed by atoms with Crippen molar-refractivity contribution in [2.24, 2.45) is 0 Å². The third kappa shape index (κ3) is 2.59. The smallest absolute Gasteiger partial charge is 0.243 e. The van der Waals surface area contributed by atoms with E-state index in [4.69, 9.17) is 0 Å². The molecule has 2 saturated heterocycles. The highest BCUT2D eigenvalue weighted by Gasteiger charge is 2.28.